The molecule has 0 saturated carbocycles. The van der Waals surface area contributed by atoms with Crippen molar-refractivity contribution in [2.24, 2.45) is 0 Å². The summed E-state index contributed by atoms with van der Waals surface area (Å²) in [4.78, 5) is 25.9. The first-order valence-electron chi connectivity index (χ1n) is 8.91. The standard InChI is InChI=1S/C23H16ClNO3S/c24-16-10-11-19(28-14-22(26)25-17-7-2-1-3-8-17)18(13-16)23(27)21-12-15-6-4-5-9-20(15)29-21/h1-13H,14H2,(H,25,26). The molecule has 0 radical (unpaired) electrons. The van der Waals surface area contributed by atoms with Crippen LogP contribution in [0.3, 0.4) is 0 Å². The van der Waals surface area contributed by atoms with E-state index in [0.29, 0.717) is 26.9 Å². The highest BCUT2D eigenvalue weighted by atomic mass is 35.5. The van der Waals surface area contributed by atoms with Crippen molar-refractivity contribution in [1.82, 2.24) is 0 Å². The molecule has 0 aliphatic carbocycles. The molecule has 0 atom stereocenters. The molecule has 1 aromatic heterocycles. The first kappa shape index (κ1) is 19.2. The number of para-hydroxylation sites is 1. The molecule has 0 aliphatic heterocycles. The van der Waals surface area contributed by atoms with Gasteiger partial charge in [-0.1, -0.05) is 48.0 Å². The molecule has 0 spiro atoms. The third-order valence-corrected chi connectivity index (χ3v) is 5.60. The maximum atomic E-state index is 13.1. The molecule has 6 heteroatoms. The summed E-state index contributed by atoms with van der Waals surface area (Å²) in [5.74, 6) is -0.182. The molecule has 0 bridgehead atoms. The van der Waals surface area contributed by atoms with Crippen LogP contribution in [0.2, 0.25) is 5.02 Å². The Labute approximate surface area is 176 Å². The normalized spacial score (nSPS) is 10.7. The molecule has 0 aliphatic rings. The van der Waals surface area contributed by atoms with Crippen LogP contribution >= 0.6 is 22.9 Å². The highest BCUT2D eigenvalue weighted by Crippen LogP contribution is 2.31. The second kappa shape index (κ2) is 8.47. The predicted octanol–water partition coefficient (Wildman–Crippen LogP) is 5.80. The van der Waals surface area contributed by atoms with Crippen LogP contribution in [-0.2, 0) is 4.79 Å². The Balaban J connectivity index is 1.54. The molecule has 1 heterocycles. The number of hydrogen-bond acceptors (Lipinski definition) is 4. The van der Waals surface area contributed by atoms with Gasteiger partial charge in [-0.25, -0.2) is 0 Å². The van der Waals surface area contributed by atoms with Crippen molar-refractivity contribution in [3.05, 3.63) is 94.3 Å². The fraction of sp³-hybridized carbons (Fsp3) is 0.0435. The van der Waals surface area contributed by atoms with Crippen LogP contribution in [0.15, 0.2) is 78.9 Å². The monoisotopic (exact) mass is 421 g/mol. The Morgan fingerprint density at radius 3 is 2.48 bits per heavy atom. The van der Waals surface area contributed by atoms with Gasteiger partial charge in [-0.15, -0.1) is 11.3 Å². The third kappa shape index (κ3) is 4.47. The van der Waals surface area contributed by atoms with Crippen LogP contribution in [-0.4, -0.2) is 18.3 Å². The van der Waals surface area contributed by atoms with Gasteiger partial charge in [0.25, 0.3) is 5.91 Å². The van der Waals surface area contributed by atoms with Crippen LogP contribution in [0.25, 0.3) is 10.1 Å². The summed E-state index contributed by atoms with van der Waals surface area (Å²) in [6.45, 7) is -0.219. The van der Waals surface area contributed by atoms with Crippen molar-refractivity contribution in [3.8, 4) is 5.75 Å². The first-order chi connectivity index (χ1) is 14.1. The van der Waals surface area contributed by atoms with Crippen molar-refractivity contribution in [1.29, 1.82) is 0 Å². The minimum absolute atomic E-state index is 0.188. The minimum Gasteiger partial charge on any atom is -0.483 e. The maximum Gasteiger partial charge on any atom is 0.262 e. The van der Waals surface area contributed by atoms with Crippen molar-refractivity contribution in [2.45, 2.75) is 0 Å². The van der Waals surface area contributed by atoms with E-state index in [1.807, 2.05) is 48.5 Å². The Hall–Kier alpha value is -3.15. The number of hydrogen-bond donors (Lipinski definition) is 1. The maximum absolute atomic E-state index is 13.1. The smallest absolute Gasteiger partial charge is 0.262 e. The molecule has 144 valence electrons. The number of ketones is 1. The fourth-order valence-electron chi connectivity index (χ4n) is 2.89. The molecule has 0 unspecified atom stereocenters. The fourth-order valence-corrected chi connectivity index (χ4v) is 4.08. The summed E-state index contributed by atoms with van der Waals surface area (Å²) in [6, 6.07) is 23.6. The van der Waals surface area contributed by atoms with Gasteiger partial charge >= 0.3 is 0 Å². The van der Waals surface area contributed by atoms with E-state index in [4.69, 9.17) is 16.3 Å². The van der Waals surface area contributed by atoms with E-state index in [1.54, 1.807) is 30.3 Å². The second-order valence-corrected chi connectivity index (χ2v) is 7.84. The van der Waals surface area contributed by atoms with E-state index >= 15 is 0 Å². The highest BCUT2D eigenvalue weighted by Gasteiger charge is 2.19. The molecule has 29 heavy (non-hydrogen) atoms. The predicted molar refractivity (Wildman–Crippen MR) is 117 cm³/mol. The van der Waals surface area contributed by atoms with Crippen LogP contribution in [0.4, 0.5) is 5.69 Å². The summed E-state index contributed by atoms with van der Waals surface area (Å²) in [7, 11) is 0. The van der Waals surface area contributed by atoms with E-state index in [1.165, 1.54) is 11.3 Å². The van der Waals surface area contributed by atoms with E-state index in [-0.39, 0.29) is 18.3 Å². The number of fused-ring (bicyclic) bond motifs is 1. The number of amides is 1. The summed E-state index contributed by atoms with van der Waals surface area (Å²) < 4.78 is 6.69. The minimum atomic E-state index is -0.314. The lowest BCUT2D eigenvalue weighted by molar-refractivity contribution is -0.118. The number of ether oxygens (including phenoxy) is 1. The Morgan fingerprint density at radius 1 is 0.931 bits per heavy atom. The van der Waals surface area contributed by atoms with E-state index in [0.717, 1.165) is 10.1 Å². The van der Waals surface area contributed by atoms with Crippen molar-refractivity contribution in [2.75, 3.05) is 11.9 Å². The Morgan fingerprint density at radius 2 is 1.69 bits per heavy atom. The Kier molecular flexibility index (Phi) is 5.60. The second-order valence-electron chi connectivity index (χ2n) is 6.32. The lowest BCUT2D eigenvalue weighted by Crippen LogP contribution is -2.20. The van der Waals surface area contributed by atoms with Gasteiger partial charge in [0.15, 0.2) is 6.61 Å². The molecule has 3 aromatic carbocycles. The highest BCUT2D eigenvalue weighted by molar-refractivity contribution is 7.21. The largest absolute Gasteiger partial charge is 0.483 e. The van der Waals surface area contributed by atoms with Gasteiger partial charge in [-0.3, -0.25) is 9.59 Å². The number of halogens is 1. The molecule has 4 nitrogen and oxygen atoms in total. The van der Waals surface area contributed by atoms with Gasteiger partial charge in [0.2, 0.25) is 5.78 Å². The van der Waals surface area contributed by atoms with Crippen LogP contribution < -0.4 is 10.1 Å². The molecule has 4 aromatic rings. The van der Waals surface area contributed by atoms with Crippen LogP contribution in [0.1, 0.15) is 15.2 Å². The lowest BCUT2D eigenvalue weighted by atomic mass is 10.1. The van der Waals surface area contributed by atoms with Gasteiger partial charge in [0.05, 0.1) is 10.4 Å². The first-order valence-corrected chi connectivity index (χ1v) is 10.1. The van der Waals surface area contributed by atoms with Gasteiger partial charge in [0, 0.05) is 15.4 Å². The Bertz CT molecular complexity index is 1150. The number of thiophene rings is 1. The van der Waals surface area contributed by atoms with Gasteiger partial charge in [-0.2, -0.15) is 0 Å². The van der Waals surface area contributed by atoms with Gasteiger partial charge in [0.1, 0.15) is 5.75 Å². The molecule has 0 fully saturated rings. The summed E-state index contributed by atoms with van der Waals surface area (Å²) in [5.41, 5.74) is 1.01. The molecule has 4 rings (SSSR count). The molecule has 0 saturated heterocycles. The SMILES string of the molecule is O=C(COc1ccc(Cl)cc1C(=O)c1cc2ccccc2s1)Nc1ccccc1. The number of rotatable bonds is 6. The van der Waals surface area contributed by atoms with E-state index < -0.39 is 0 Å². The molecule has 1 N–H and O–H groups in total. The molecule has 1 amide bonds. The lowest BCUT2D eigenvalue weighted by Gasteiger charge is -2.11. The van der Waals surface area contributed by atoms with Gasteiger partial charge < -0.3 is 10.1 Å². The van der Waals surface area contributed by atoms with Crippen LogP contribution in [0, 0.1) is 0 Å². The topological polar surface area (TPSA) is 55.4 Å². The number of carbonyl (C=O) groups is 2. The average Bonchev–Trinajstić information content (AvgIpc) is 3.17. The van der Waals surface area contributed by atoms with Crippen LogP contribution in [0.5, 0.6) is 5.75 Å². The third-order valence-electron chi connectivity index (χ3n) is 4.25. The van der Waals surface area contributed by atoms with E-state index in [2.05, 4.69) is 5.32 Å². The number of nitrogens with one attached hydrogen (secondary N) is 1. The quantitative estimate of drug-likeness (QED) is 0.400. The molecular formula is C23H16ClNO3S. The number of carbonyl (C=O) groups excluding carboxylic acids is 2. The summed E-state index contributed by atoms with van der Waals surface area (Å²) in [6.07, 6.45) is 0. The summed E-state index contributed by atoms with van der Waals surface area (Å²) >= 11 is 7.53. The van der Waals surface area contributed by atoms with E-state index in [9.17, 15) is 9.59 Å². The zero-order chi connectivity index (χ0) is 20.2. The van der Waals surface area contributed by atoms with Crippen molar-refractivity contribution in [3.63, 3.8) is 0 Å². The van der Waals surface area contributed by atoms with Crippen molar-refractivity contribution >= 4 is 50.4 Å². The average molecular weight is 422 g/mol. The van der Waals surface area contributed by atoms with Crippen molar-refractivity contribution < 1.29 is 14.3 Å². The number of benzene rings is 3. The number of anilines is 1. The zero-order valence-electron chi connectivity index (χ0n) is 15.2. The zero-order valence-corrected chi connectivity index (χ0v) is 16.8. The molecular weight excluding hydrogens is 406 g/mol. The van der Waals surface area contributed by atoms with Gasteiger partial charge in [-0.05, 0) is 47.9 Å². The summed E-state index contributed by atoms with van der Waals surface area (Å²) in [5, 5.41) is 4.18.